The van der Waals surface area contributed by atoms with Crippen molar-refractivity contribution in [3.8, 4) is 0 Å². The summed E-state index contributed by atoms with van der Waals surface area (Å²) in [5.41, 5.74) is 1.99. The van der Waals surface area contributed by atoms with E-state index in [0.717, 1.165) is 5.57 Å². The van der Waals surface area contributed by atoms with E-state index in [-0.39, 0.29) is 18.1 Å². The molecule has 2 rings (SSSR count). The SMILES string of the molecule is C=C/C=C(\C(=O)NC)n1cc(C2=CCN(C(=O)OC(C)C)CC2)nn1. The number of hydrogen-bond acceptors (Lipinski definition) is 5. The molecule has 0 saturated heterocycles. The lowest BCUT2D eigenvalue weighted by Gasteiger charge is -2.26. The van der Waals surface area contributed by atoms with E-state index in [4.69, 9.17) is 4.74 Å². The summed E-state index contributed by atoms with van der Waals surface area (Å²) < 4.78 is 6.61. The third-order valence-electron chi connectivity index (χ3n) is 3.61. The molecule has 1 aromatic heterocycles. The van der Waals surface area contributed by atoms with Gasteiger partial charge in [0.1, 0.15) is 11.4 Å². The molecule has 0 bridgehead atoms. The fourth-order valence-corrected chi connectivity index (χ4v) is 2.37. The molecule has 0 saturated carbocycles. The number of allylic oxidation sites excluding steroid dienone is 2. The van der Waals surface area contributed by atoms with Crippen molar-refractivity contribution in [3.05, 3.63) is 36.7 Å². The van der Waals surface area contributed by atoms with Gasteiger partial charge in [-0.2, -0.15) is 0 Å². The Labute approximate surface area is 146 Å². The van der Waals surface area contributed by atoms with E-state index in [1.54, 1.807) is 24.2 Å². The standard InChI is InChI=1S/C17H23N5O3/c1-5-6-15(16(23)18-4)22-11-14(19-20-22)13-7-9-21(10-8-13)17(24)25-12(2)3/h5-7,11-12H,1,8-10H2,2-4H3,(H,18,23)/b15-6+. The van der Waals surface area contributed by atoms with Crippen LogP contribution in [0.15, 0.2) is 31.0 Å². The van der Waals surface area contributed by atoms with E-state index in [0.29, 0.717) is 30.9 Å². The first-order valence-corrected chi connectivity index (χ1v) is 8.08. The lowest BCUT2D eigenvalue weighted by molar-refractivity contribution is -0.115. The first-order chi connectivity index (χ1) is 12.0. The fraction of sp³-hybridized carbons (Fsp3) is 0.412. The van der Waals surface area contributed by atoms with Gasteiger partial charge in [0.15, 0.2) is 0 Å². The molecule has 25 heavy (non-hydrogen) atoms. The quantitative estimate of drug-likeness (QED) is 0.648. The number of ether oxygens (including phenoxy) is 1. The van der Waals surface area contributed by atoms with Crippen LogP contribution < -0.4 is 5.32 Å². The van der Waals surface area contributed by atoms with Crippen molar-refractivity contribution in [3.63, 3.8) is 0 Å². The molecule has 0 fully saturated rings. The van der Waals surface area contributed by atoms with Gasteiger partial charge >= 0.3 is 6.09 Å². The Hall–Kier alpha value is -2.90. The molecule has 0 radical (unpaired) electrons. The maximum Gasteiger partial charge on any atom is 0.410 e. The molecule has 2 amide bonds. The highest BCUT2D eigenvalue weighted by atomic mass is 16.6. The van der Waals surface area contributed by atoms with Crippen LogP contribution in [0.5, 0.6) is 0 Å². The van der Waals surface area contributed by atoms with Gasteiger partial charge in [-0.25, -0.2) is 9.48 Å². The third kappa shape index (κ3) is 4.56. The zero-order valence-electron chi connectivity index (χ0n) is 14.7. The Balaban J connectivity index is 2.11. The Kier molecular flexibility index (Phi) is 6.10. The Bertz CT molecular complexity index is 718. The summed E-state index contributed by atoms with van der Waals surface area (Å²) in [5.74, 6) is -0.281. The third-order valence-corrected chi connectivity index (χ3v) is 3.61. The van der Waals surface area contributed by atoms with Gasteiger partial charge in [0.25, 0.3) is 5.91 Å². The summed E-state index contributed by atoms with van der Waals surface area (Å²) in [5, 5.41) is 10.7. The summed E-state index contributed by atoms with van der Waals surface area (Å²) in [7, 11) is 1.55. The number of carbonyl (C=O) groups is 2. The zero-order chi connectivity index (χ0) is 18.4. The minimum atomic E-state index is -0.315. The first kappa shape index (κ1) is 18.4. The summed E-state index contributed by atoms with van der Waals surface area (Å²) >= 11 is 0. The minimum Gasteiger partial charge on any atom is -0.447 e. The molecule has 0 spiro atoms. The van der Waals surface area contributed by atoms with Crippen molar-refractivity contribution >= 4 is 23.3 Å². The summed E-state index contributed by atoms with van der Waals surface area (Å²) in [6.07, 6.45) is 6.89. The van der Waals surface area contributed by atoms with Gasteiger partial charge in [-0.05, 0) is 31.9 Å². The Morgan fingerprint density at radius 2 is 2.20 bits per heavy atom. The highest BCUT2D eigenvalue weighted by molar-refractivity contribution is 6.13. The highest BCUT2D eigenvalue weighted by Gasteiger charge is 2.21. The molecule has 134 valence electrons. The second-order valence-electron chi connectivity index (χ2n) is 5.77. The number of nitrogens with one attached hydrogen (secondary N) is 1. The van der Waals surface area contributed by atoms with Crippen LogP contribution in [-0.2, 0) is 9.53 Å². The number of hydrogen-bond donors (Lipinski definition) is 1. The van der Waals surface area contributed by atoms with E-state index in [1.165, 1.54) is 10.8 Å². The molecular formula is C17H23N5O3. The average Bonchev–Trinajstić information content (AvgIpc) is 3.08. The van der Waals surface area contributed by atoms with Crippen LogP contribution >= 0.6 is 0 Å². The van der Waals surface area contributed by atoms with Gasteiger partial charge < -0.3 is 15.0 Å². The van der Waals surface area contributed by atoms with Crippen LogP contribution in [0.1, 0.15) is 26.0 Å². The van der Waals surface area contributed by atoms with E-state index in [1.807, 2.05) is 19.9 Å². The monoisotopic (exact) mass is 345 g/mol. The number of rotatable bonds is 5. The Morgan fingerprint density at radius 1 is 1.44 bits per heavy atom. The van der Waals surface area contributed by atoms with E-state index in [2.05, 4.69) is 22.2 Å². The molecule has 0 aromatic carbocycles. The molecule has 0 atom stereocenters. The molecule has 1 aliphatic rings. The van der Waals surface area contributed by atoms with Gasteiger partial charge in [-0.15, -0.1) is 5.10 Å². The zero-order valence-corrected chi connectivity index (χ0v) is 14.7. The predicted molar refractivity (Wildman–Crippen MR) is 94.3 cm³/mol. The van der Waals surface area contributed by atoms with E-state index in [9.17, 15) is 9.59 Å². The first-order valence-electron chi connectivity index (χ1n) is 8.08. The summed E-state index contributed by atoms with van der Waals surface area (Å²) in [4.78, 5) is 25.5. The van der Waals surface area contributed by atoms with Crippen LogP contribution in [0.25, 0.3) is 11.3 Å². The van der Waals surface area contributed by atoms with Gasteiger partial charge in [0, 0.05) is 20.1 Å². The molecule has 8 heteroatoms. The fourth-order valence-electron chi connectivity index (χ4n) is 2.37. The maximum atomic E-state index is 11.9. The van der Waals surface area contributed by atoms with Gasteiger partial charge in [-0.3, -0.25) is 4.79 Å². The molecular weight excluding hydrogens is 322 g/mol. The summed E-state index contributed by atoms with van der Waals surface area (Å²) in [6, 6.07) is 0. The van der Waals surface area contributed by atoms with E-state index < -0.39 is 0 Å². The van der Waals surface area contributed by atoms with Crippen LogP contribution in [-0.4, -0.2) is 58.1 Å². The highest BCUT2D eigenvalue weighted by Crippen LogP contribution is 2.21. The molecule has 1 aromatic rings. The number of aromatic nitrogens is 3. The molecule has 2 heterocycles. The topological polar surface area (TPSA) is 89.4 Å². The lowest BCUT2D eigenvalue weighted by Crippen LogP contribution is -2.36. The van der Waals surface area contributed by atoms with E-state index >= 15 is 0 Å². The summed E-state index contributed by atoms with van der Waals surface area (Å²) in [6.45, 7) is 8.26. The number of carbonyl (C=O) groups excluding carboxylic acids is 2. The van der Waals surface area contributed by atoms with Crippen molar-refractivity contribution in [1.29, 1.82) is 0 Å². The van der Waals surface area contributed by atoms with Crippen molar-refractivity contribution in [2.24, 2.45) is 0 Å². The maximum absolute atomic E-state index is 11.9. The van der Waals surface area contributed by atoms with Crippen molar-refractivity contribution in [1.82, 2.24) is 25.2 Å². The van der Waals surface area contributed by atoms with Crippen molar-refractivity contribution < 1.29 is 14.3 Å². The normalized spacial score (nSPS) is 15.0. The smallest absolute Gasteiger partial charge is 0.410 e. The van der Waals surface area contributed by atoms with Crippen LogP contribution in [0.4, 0.5) is 4.79 Å². The van der Waals surface area contributed by atoms with Crippen LogP contribution in [0.2, 0.25) is 0 Å². The second-order valence-corrected chi connectivity index (χ2v) is 5.77. The molecule has 8 nitrogen and oxygen atoms in total. The second kappa shape index (κ2) is 8.27. The average molecular weight is 345 g/mol. The number of nitrogens with zero attached hydrogens (tertiary/aromatic N) is 4. The molecule has 0 aliphatic carbocycles. The van der Waals surface area contributed by atoms with Crippen LogP contribution in [0.3, 0.4) is 0 Å². The number of amides is 2. The van der Waals surface area contributed by atoms with Crippen LogP contribution in [0, 0.1) is 0 Å². The van der Waals surface area contributed by atoms with Crippen molar-refractivity contribution in [2.45, 2.75) is 26.4 Å². The number of likely N-dealkylation sites (N-methyl/N-ethyl adjacent to an activating group) is 1. The van der Waals surface area contributed by atoms with Gasteiger partial charge in [0.2, 0.25) is 0 Å². The molecule has 0 unspecified atom stereocenters. The minimum absolute atomic E-state index is 0.141. The molecule has 1 N–H and O–H groups in total. The lowest BCUT2D eigenvalue weighted by atomic mass is 10.1. The largest absolute Gasteiger partial charge is 0.447 e. The van der Waals surface area contributed by atoms with Crippen molar-refractivity contribution in [2.75, 3.05) is 20.1 Å². The predicted octanol–water partition coefficient (Wildman–Crippen LogP) is 1.69. The molecule has 1 aliphatic heterocycles. The Morgan fingerprint density at radius 3 is 2.76 bits per heavy atom. The van der Waals surface area contributed by atoms with Gasteiger partial charge in [0.05, 0.1) is 12.3 Å². The van der Waals surface area contributed by atoms with Gasteiger partial charge in [-0.1, -0.05) is 23.9 Å².